The molecule has 0 aromatic rings. The molecule has 11 heavy (non-hydrogen) atoms. The van der Waals surface area contributed by atoms with Crippen LogP contribution in [0.15, 0.2) is 17.1 Å². The SMILES string of the molecule is C=C(CN=C=O)CP(=O)(F)F. The van der Waals surface area contributed by atoms with Gasteiger partial charge in [-0.05, 0) is 5.57 Å². The van der Waals surface area contributed by atoms with Crippen LogP contribution in [0.1, 0.15) is 0 Å². The van der Waals surface area contributed by atoms with Gasteiger partial charge < -0.3 is 0 Å². The minimum Gasteiger partial charge on any atom is -0.250 e. The van der Waals surface area contributed by atoms with Crippen LogP contribution in [0.5, 0.6) is 0 Å². The van der Waals surface area contributed by atoms with Crippen molar-refractivity contribution in [2.24, 2.45) is 4.99 Å². The first-order valence-electron chi connectivity index (χ1n) is 2.64. The molecule has 0 heterocycles. The van der Waals surface area contributed by atoms with Crippen molar-refractivity contribution in [3.05, 3.63) is 12.2 Å². The van der Waals surface area contributed by atoms with Crippen molar-refractivity contribution in [2.75, 3.05) is 12.7 Å². The summed E-state index contributed by atoms with van der Waals surface area (Å²) >= 11 is 0. The van der Waals surface area contributed by atoms with Crippen molar-refractivity contribution in [1.82, 2.24) is 0 Å². The Balaban J connectivity index is 3.89. The van der Waals surface area contributed by atoms with Crippen molar-refractivity contribution in [3.8, 4) is 0 Å². The average Bonchev–Trinajstić information content (AvgIpc) is 1.79. The molecule has 62 valence electrons. The van der Waals surface area contributed by atoms with Gasteiger partial charge >= 0.3 is 7.76 Å². The van der Waals surface area contributed by atoms with E-state index >= 15 is 0 Å². The Morgan fingerprint density at radius 3 is 2.55 bits per heavy atom. The lowest BCUT2D eigenvalue weighted by molar-refractivity contribution is 0.497. The third-order valence-corrected chi connectivity index (χ3v) is 1.59. The standard InChI is InChI=1S/C5H6F2NO2P/c1-5(2-8-4-9)3-11(6,7)10/h1-3H2. The van der Waals surface area contributed by atoms with Crippen LogP contribution in [0, 0.1) is 0 Å². The van der Waals surface area contributed by atoms with Gasteiger partial charge in [-0.25, -0.2) is 14.4 Å². The van der Waals surface area contributed by atoms with Crippen LogP contribution in [0.2, 0.25) is 0 Å². The van der Waals surface area contributed by atoms with E-state index in [1.807, 2.05) is 0 Å². The first-order chi connectivity index (χ1) is 4.95. The van der Waals surface area contributed by atoms with E-state index < -0.39 is 13.9 Å². The van der Waals surface area contributed by atoms with Gasteiger partial charge in [0.1, 0.15) is 0 Å². The molecule has 0 rings (SSSR count). The van der Waals surface area contributed by atoms with Crippen LogP contribution in [-0.4, -0.2) is 18.8 Å². The van der Waals surface area contributed by atoms with E-state index in [0.29, 0.717) is 0 Å². The van der Waals surface area contributed by atoms with E-state index in [4.69, 9.17) is 0 Å². The molecule has 0 atom stereocenters. The zero-order valence-electron chi connectivity index (χ0n) is 5.59. The zero-order valence-corrected chi connectivity index (χ0v) is 6.48. The normalized spacial score (nSPS) is 10.4. The molecule has 0 saturated heterocycles. The predicted molar refractivity (Wildman–Crippen MR) is 36.8 cm³/mol. The molecule has 6 heteroatoms. The molecule has 3 nitrogen and oxygen atoms in total. The number of hydrogen-bond donors (Lipinski definition) is 0. The number of halogens is 2. The number of carbonyl (C=O) groups excluding carboxylic acids is 1. The monoisotopic (exact) mass is 181 g/mol. The molecular weight excluding hydrogens is 175 g/mol. The molecule has 0 bridgehead atoms. The maximum atomic E-state index is 11.8. The largest absolute Gasteiger partial charge is 0.406 e. The summed E-state index contributed by atoms with van der Waals surface area (Å²) in [6, 6.07) is 0. The Morgan fingerprint density at radius 2 is 2.18 bits per heavy atom. The lowest BCUT2D eigenvalue weighted by Gasteiger charge is -1.98. The van der Waals surface area contributed by atoms with Crippen LogP contribution < -0.4 is 0 Å². The Morgan fingerprint density at radius 1 is 1.64 bits per heavy atom. The van der Waals surface area contributed by atoms with Crippen molar-refractivity contribution < 1.29 is 17.8 Å². The number of nitrogens with zero attached hydrogens (tertiary/aromatic N) is 1. The predicted octanol–water partition coefficient (Wildman–Crippen LogP) is 2.01. The van der Waals surface area contributed by atoms with Gasteiger partial charge in [0.25, 0.3) is 0 Å². The second-order valence-corrected chi connectivity index (χ2v) is 3.34. The molecule has 0 unspecified atom stereocenters. The Bertz CT molecular complexity index is 241. The summed E-state index contributed by atoms with van der Waals surface area (Å²) in [5, 5.41) is 0. The van der Waals surface area contributed by atoms with Gasteiger partial charge in [-0.15, -0.1) is 0 Å². The van der Waals surface area contributed by atoms with Crippen molar-refractivity contribution >= 4 is 13.8 Å². The van der Waals surface area contributed by atoms with Gasteiger partial charge in [-0.3, -0.25) is 0 Å². The maximum Gasteiger partial charge on any atom is 0.406 e. The molecule has 0 saturated carbocycles. The molecule has 0 radical (unpaired) electrons. The van der Waals surface area contributed by atoms with Crippen LogP contribution in [0.25, 0.3) is 0 Å². The molecule has 0 aliphatic heterocycles. The first-order valence-corrected chi connectivity index (χ1v) is 4.32. The summed E-state index contributed by atoms with van der Waals surface area (Å²) in [6.45, 7) is 2.92. The van der Waals surface area contributed by atoms with Gasteiger partial charge in [0.15, 0.2) is 0 Å². The fourth-order valence-corrected chi connectivity index (χ4v) is 1.08. The number of aliphatic imine (C=N–C) groups is 1. The average molecular weight is 181 g/mol. The first kappa shape index (κ1) is 10.2. The van der Waals surface area contributed by atoms with E-state index in [1.165, 1.54) is 0 Å². The van der Waals surface area contributed by atoms with Gasteiger partial charge in [-0.1, -0.05) is 6.58 Å². The Labute approximate surface area is 62.4 Å². The fourth-order valence-electron chi connectivity index (χ4n) is 0.454. The molecule has 0 aliphatic rings. The highest BCUT2D eigenvalue weighted by molar-refractivity contribution is 7.53. The van der Waals surface area contributed by atoms with Crippen LogP contribution in [0.3, 0.4) is 0 Å². The van der Waals surface area contributed by atoms with Gasteiger partial charge in [-0.2, -0.15) is 8.39 Å². The van der Waals surface area contributed by atoms with Gasteiger partial charge in [0.2, 0.25) is 6.08 Å². The summed E-state index contributed by atoms with van der Waals surface area (Å²) < 4.78 is 33.4. The molecule has 0 N–H and O–H groups in total. The smallest absolute Gasteiger partial charge is 0.250 e. The van der Waals surface area contributed by atoms with E-state index in [2.05, 4.69) is 11.6 Å². The highest BCUT2D eigenvalue weighted by atomic mass is 31.2. The summed E-state index contributed by atoms with van der Waals surface area (Å²) in [4.78, 5) is 12.5. The summed E-state index contributed by atoms with van der Waals surface area (Å²) in [5.74, 6) is 0. The molecule has 0 aliphatic carbocycles. The third-order valence-electron chi connectivity index (χ3n) is 0.775. The molecule has 0 fully saturated rings. The van der Waals surface area contributed by atoms with Gasteiger partial charge in [0.05, 0.1) is 12.7 Å². The summed E-state index contributed by atoms with van der Waals surface area (Å²) in [5.41, 5.74) is -0.0262. The molecule has 0 aromatic heterocycles. The zero-order chi connectivity index (χ0) is 8.91. The second kappa shape index (κ2) is 4.16. The second-order valence-electron chi connectivity index (χ2n) is 1.89. The number of isocyanates is 1. The van der Waals surface area contributed by atoms with E-state index in [0.717, 1.165) is 6.08 Å². The third kappa shape index (κ3) is 7.10. The Hall–Kier alpha value is -0.790. The van der Waals surface area contributed by atoms with Crippen LogP contribution >= 0.6 is 7.76 Å². The van der Waals surface area contributed by atoms with Crippen molar-refractivity contribution in [1.29, 1.82) is 0 Å². The van der Waals surface area contributed by atoms with E-state index in [-0.39, 0.29) is 12.1 Å². The quantitative estimate of drug-likeness (QED) is 0.288. The Kier molecular flexibility index (Phi) is 3.86. The van der Waals surface area contributed by atoms with Crippen LogP contribution in [-0.2, 0) is 9.36 Å². The molecule has 0 amide bonds. The molecule has 0 spiro atoms. The van der Waals surface area contributed by atoms with Crippen LogP contribution in [0.4, 0.5) is 8.39 Å². The van der Waals surface area contributed by atoms with Gasteiger partial charge in [0, 0.05) is 0 Å². The lowest BCUT2D eigenvalue weighted by Crippen LogP contribution is -1.90. The maximum absolute atomic E-state index is 11.8. The van der Waals surface area contributed by atoms with E-state index in [1.54, 1.807) is 0 Å². The topological polar surface area (TPSA) is 46.5 Å². The minimum absolute atomic E-state index is 0.0262. The minimum atomic E-state index is -5.05. The fraction of sp³-hybridized carbons (Fsp3) is 0.400. The number of hydrogen-bond acceptors (Lipinski definition) is 3. The van der Waals surface area contributed by atoms with Crippen molar-refractivity contribution in [2.45, 2.75) is 0 Å². The summed E-state index contributed by atoms with van der Waals surface area (Å²) in [6.07, 6.45) is 0.287. The summed E-state index contributed by atoms with van der Waals surface area (Å²) in [7, 11) is -5.05. The van der Waals surface area contributed by atoms with E-state index in [9.17, 15) is 17.8 Å². The molecular formula is C5H6F2NO2P. The lowest BCUT2D eigenvalue weighted by atomic mass is 10.4. The molecule has 0 aromatic carbocycles. The van der Waals surface area contributed by atoms with Crippen molar-refractivity contribution in [3.63, 3.8) is 0 Å². The number of rotatable bonds is 4. The highest BCUT2D eigenvalue weighted by Gasteiger charge is 2.19. The highest BCUT2D eigenvalue weighted by Crippen LogP contribution is 2.50.